The molecule has 2 rings (SSSR count). The molecule has 1 unspecified atom stereocenters. The summed E-state index contributed by atoms with van der Waals surface area (Å²) in [4.78, 5) is 0. The number of H-pyrrole nitrogens is 1. The molecular weight excluding hydrogens is 190 g/mol. The van der Waals surface area contributed by atoms with Crippen molar-refractivity contribution >= 4 is 0 Å². The highest BCUT2D eigenvalue weighted by molar-refractivity contribution is 5.17. The Bertz CT molecular complexity index is 383. The highest BCUT2D eigenvalue weighted by Gasteiger charge is 2.13. The number of hydrogen-bond acceptors (Lipinski definition) is 4. The van der Waals surface area contributed by atoms with Crippen molar-refractivity contribution in [3.8, 4) is 0 Å². The van der Waals surface area contributed by atoms with Crippen LogP contribution >= 0.6 is 0 Å². The molecule has 78 valence electrons. The van der Waals surface area contributed by atoms with Crippen LogP contribution in [0.25, 0.3) is 0 Å². The average molecular weight is 203 g/mol. The molecular formula is C10H13N5. The Kier molecular flexibility index (Phi) is 3.04. The molecule has 1 aromatic heterocycles. The van der Waals surface area contributed by atoms with Crippen LogP contribution in [0.15, 0.2) is 30.3 Å². The minimum atomic E-state index is 0.155. The van der Waals surface area contributed by atoms with Gasteiger partial charge in [-0.05, 0) is 22.4 Å². The van der Waals surface area contributed by atoms with E-state index in [0.29, 0.717) is 6.54 Å². The quantitative estimate of drug-likeness (QED) is 0.757. The Hall–Kier alpha value is -1.75. The van der Waals surface area contributed by atoms with Crippen LogP contribution < -0.4 is 5.73 Å². The van der Waals surface area contributed by atoms with Gasteiger partial charge in [0.05, 0.1) is 0 Å². The number of nitrogens with two attached hydrogens (primary N) is 1. The van der Waals surface area contributed by atoms with E-state index in [1.807, 2.05) is 18.2 Å². The molecule has 0 saturated heterocycles. The van der Waals surface area contributed by atoms with Crippen molar-refractivity contribution in [1.29, 1.82) is 0 Å². The van der Waals surface area contributed by atoms with Gasteiger partial charge < -0.3 is 5.73 Å². The Morgan fingerprint density at radius 2 is 2.07 bits per heavy atom. The molecule has 0 saturated carbocycles. The number of rotatable bonds is 4. The number of benzene rings is 1. The van der Waals surface area contributed by atoms with Crippen molar-refractivity contribution < 1.29 is 0 Å². The number of nitrogens with zero attached hydrogens (tertiary/aromatic N) is 3. The summed E-state index contributed by atoms with van der Waals surface area (Å²) in [5.74, 6) is 0.906. The Morgan fingerprint density at radius 1 is 1.27 bits per heavy atom. The molecule has 1 atom stereocenters. The lowest BCUT2D eigenvalue weighted by Gasteiger charge is -2.10. The highest BCUT2D eigenvalue weighted by Crippen LogP contribution is 2.14. The standard InChI is InChI=1S/C10H13N5/c11-7-9(10-12-14-15-13-10)6-8-4-2-1-3-5-8/h1-5,9H,6-7,11H2,(H,12,13,14,15). The van der Waals surface area contributed by atoms with Crippen LogP contribution in [0.3, 0.4) is 0 Å². The van der Waals surface area contributed by atoms with Gasteiger partial charge in [0.15, 0.2) is 5.82 Å². The van der Waals surface area contributed by atoms with Crippen molar-refractivity contribution in [2.75, 3.05) is 6.54 Å². The third kappa shape index (κ3) is 2.38. The number of tetrazole rings is 1. The first-order chi connectivity index (χ1) is 7.40. The number of aromatic nitrogens is 4. The van der Waals surface area contributed by atoms with E-state index in [4.69, 9.17) is 5.73 Å². The maximum Gasteiger partial charge on any atom is 0.153 e. The van der Waals surface area contributed by atoms with Crippen molar-refractivity contribution in [3.63, 3.8) is 0 Å². The van der Waals surface area contributed by atoms with Gasteiger partial charge in [0.1, 0.15) is 0 Å². The molecule has 15 heavy (non-hydrogen) atoms. The van der Waals surface area contributed by atoms with Crippen molar-refractivity contribution in [1.82, 2.24) is 20.6 Å². The maximum atomic E-state index is 5.70. The van der Waals surface area contributed by atoms with E-state index in [9.17, 15) is 0 Å². The summed E-state index contributed by atoms with van der Waals surface area (Å²) in [6, 6.07) is 10.2. The molecule has 1 aromatic carbocycles. The number of aromatic amines is 1. The summed E-state index contributed by atoms with van der Waals surface area (Å²) in [5.41, 5.74) is 6.94. The lowest BCUT2D eigenvalue weighted by Crippen LogP contribution is -2.16. The molecule has 2 aromatic rings. The molecule has 0 bridgehead atoms. The molecule has 5 heteroatoms. The molecule has 0 amide bonds. The molecule has 3 N–H and O–H groups in total. The lowest BCUT2D eigenvalue weighted by molar-refractivity contribution is 0.648. The van der Waals surface area contributed by atoms with E-state index >= 15 is 0 Å². The molecule has 0 aliphatic rings. The zero-order valence-corrected chi connectivity index (χ0v) is 8.30. The summed E-state index contributed by atoms with van der Waals surface area (Å²) in [5, 5.41) is 13.8. The molecule has 5 nitrogen and oxygen atoms in total. The molecule has 1 heterocycles. The van der Waals surface area contributed by atoms with Gasteiger partial charge in [-0.1, -0.05) is 30.3 Å². The molecule has 0 spiro atoms. The Morgan fingerprint density at radius 3 is 2.67 bits per heavy atom. The third-order valence-corrected chi connectivity index (χ3v) is 2.36. The van der Waals surface area contributed by atoms with Gasteiger partial charge in [-0.3, -0.25) is 0 Å². The van der Waals surface area contributed by atoms with Gasteiger partial charge in [-0.25, -0.2) is 5.10 Å². The molecule has 0 aliphatic heterocycles. The summed E-state index contributed by atoms with van der Waals surface area (Å²) in [6.07, 6.45) is 0.855. The van der Waals surface area contributed by atoms with E-state index in [1.54, 1.807) is 0 Å². The van der Waals surface area contributed by atoms with Crippen molar-refractivity contribution in [2.24, 2.45) is 5.73 Å². The first-order valence-electron chi connectivity index (χ1n) is 4.87. The molecule has 0 radical (unpaired) electrons. The largest absolute Gasteiger partial charge is 0.330 e. The fraction of sp³-hybridized carbons (Fsp3) is 0.300. The van der Waals surface area contributed by atoms with E-state index < -0.39 is 0 Å². The van der Waals surface area contributed by atoms with Crippen molar-refractivity contribution in [3.05, 3.63) is 41.7 Å². The highest BCUT2D eigenvalue weighted by atomic mass is 15.5. The fourth-order valence-corrected chi connectivity index (χ4v) is 1.53. The number of hydrogen-bond donors (Lipinski definition) is 2. The minimum absolute atomic E-state index is 0.155. The zero-order chi connectivity index (χ0) is 10.5. The van der Waals surface area contributed by atoms with Crippen LogP contribution in [-0.2, 0) is 6.42 Å². The maximum absolute atomic E-state index is 5.70. The monoisotopic (exact) mass is 203 g/mol. The minimum Gasteiger partial charge on any atom is -0.330 e. The topological polar surface area (TPSA) is 80.5 Å². The first kappa shape index (κ1) is 9.79. The van der Waals surface area contributed by atoms with E-state index in [0.717, 1.165) is 12.2 Å². The van der Waals surface area contributed by atoms with Gasteiger partial charge in [0, 0.05) is 12.5 Å². The van der Waals surface area contributed by atoms with Gasteiger partial charge in [0.25, 0.3) is 0 Å². The fourth-order valence-electron chi connectivity index (χ4n) is 1.53. The second kappa shape index (κ2) is 4.65. The normalized spacial score (nSPS) is 12.6. The van der Waals surface area contributed by atoms with Crippen LogP contribution in [0, 0.1) is 0 Å². The first-order valence-corrected chi connectivity index (χ1v) is 4.87. The van der Waals surface area contributed by atoms with E-state index in [1.165, 1.54) is 5.56 Å². The van der Waals surface area contributed by atoms with Crippen molar-refractivity contribution in [2.45, 2.75) is 12.3 Å². The van der Waals surface area contributed by atoms with Crippen LogP contribution in [0.1, 0.15) is 17.3 Å². The van der Waals surface area contributed by atoms with Crippen LogP contribution in [0.2, 0.25) is 0 Å². The predicted molar refractivity (Wildman–Crippen MR) is 56.1 cm³/mol. The molecule has 0 aliphatic carbocycles. The smallest absolute Gasteiger partial charge is 0.153 e. The second-order valence-corrected chi connectivity index (χ2v) is 3.41. The van der Waals surface area contributed by atoms with E-state index in [-0.39, 0.29) is 5.92 Å². The van der Waals surface area contributed by atoms with Gasteiger partial charge in [-0.15, -0.1) is 5.10 Å². The summed E-state index contributed by atoms with van der Waals surface area (Å²) in [7, 11) is 0. The summed E-state index contributed by atoms with van der Waals surface area (Å²) < 4.78 is 0. The average Bonchev–Trinajstić information content (AvgIpc) is 2.81. The summed E-state index contributed by atoms with van der Waals surface area (Å²) in [6.45, 7) is 0.533. The Labute approximate surface area is 87.7 Å². The predicted octanol–water partition coefficient (Wildman–Crippen LogP) is 0.485. The summed E-state index contributed by atoms with van der Waals surface area (Å²) >= 11 is 0. The van der Waals surface area contributed by atoms with Crippen LogP contribution in [0.5, 0.6) is 0 Å². The van der Waals surface area contributed by atoms with Crippen LogP contribution in [-0.4, -0.2) is 27.2 Å². The third-order valence-electron chi connectivity index (χ3n) is 2.36. The molecule has 0 fully saturated rings. The zero-order valence-electron chi connectivity index (χ0n) is 8.30. The Balaban J connectivity index is 2.10. The van der Waals surface area contributed by atoms with E-state index in [2.05, 4.69) is 32.8 Å². The van der Waals surface area contributed by atoms with Gasteiger partial charge in [0.2, 0.25) is 0 Å². The number of nitrogens with one attached hydrogen (secondary N) is 1. The van der Waals surface area contributed by atoms with Gasteiger partial charge in [-0.2, -0.15) is 0 Å². The SMILES string of the molecule is NCC(Cc1ccccc1)c1nnn[nH]1. The van der Waals surface area contributed by atoms with Crippen LogP contribution in [0.4, 0.5) is 0 Å². The van der Waals surface area contributed by atoms with Gasteiger partial charge >= 0.3 is 0 Å². The lowest BCUT2D eigenvalue weighted by atomic mass is 9.99. The second-order valence-electron chi connectivity index (χ2n) is 3.41.